The van der Waals surface area contributed by atoms with Crippen LogP contribution in [0.2, 0.25) is 0 Å². The number of hydrogen-bond donors (Lipinski definition) is 0. The highest BCUT2D eigenvalue weighted by atomic mass is 19.4. The molecule has 0 radical (unpaired) electrons. The number of amides is 1. The minimum Gasteiger partial charge on any atom is -0.337 e. The molecule has 5 rings (SSSR count). The lowest BCUT2D eigenvalue weighted by molar-refractivity contribution is -0.145. The van der Waals surface area contributed by atoms with Crippen molar-refractivity contribution < 1.29 is 18.0 Å². The van der Waals surface area contributed by atoms with Crippen molar-refractivity contribution in [1.82, 2.24) is 24.6 Å². The van der Waals surface area contributed by atoms with Crippen LogP contribution in [0, 0.1) is 0 Å². The number of carbonyl (C=O) groups is 1. The highest BCUT2D eigenvalue weighted by molar-refractivity contribution is 6.06. The Morgan fingerprint density at radius 3 is 2.36 bits per heavy atom. The minimum atomic E-state index is -4.26. The Morgan fingerprint density at radius 2 is 1.64 bits per heavy atom. The molecule has 0 bridgehead atoms. The lowest BCUT2D eigenvalue weighted by atomic mass is 10.1. The summed E-state index contributed by atoms with van der Waals surface area (Å²) in [5, 5.41) is 5.17. The molecular weight excluding hydrogens is 467 g/mol. The average Bonchev–Trinajstić information content (AvgIpc) is 3.13. The van der Waals surface area contributed by atoms with E-state index in [9.17, 15) is 18.0 Å². The molecule has 6 nitrogen and oxygen atoms in total. The average molecular weight is 494 g/mol. The minimum absolute atomic E-state index is 0.179. The summed E-state index contributed by atoms with van der Waals surface area (Å²) >= 11 is 0. The van der Waals surface area contributed by atoms with Crippen LogP contribution < -0.4 is 0 Å². The Bertz CT molecular complexity index is 1340. The van der Waals surface area contributed by atoms with Crippen LogP contribution in [0.3, 0.4) is 0 Å². The molecule has 0 spiro atoms. The summed E-state index contributed by atoms with van der Waals surface area (Å²) in [6, 6.07) is 21.2. The number of aromatic nitrogens is 3. The highest BCUT2D eigenvalue weighted by Crippen LogP contribution is 2.27. The van der Waals surface area contributed by atoms with E-state index in [0.29, 0.717) is 48.3 Å². The van der Waals surface area contributed by atoms with Gasteiger partial charge in [0.1, 0.15) is 0 Å². The van der Waals surface area contributed by atoms with Gasteiger partial charge < -0.3 is 4.90 Å². The predicted octanol–water partition coefficient (Wildman–Crippen LogP) is 4.86. The molecule has 0 N–H and O–H groups in total. The van der Waals surface area contributed by atoms with Crippen molar-refractivity contribution in [3.8, 4) is 11.3 Å². The fourth-order valence-electron chi connectivity index (χ4n) is 4.61. The van der Waals surface area contributed by atoms with Crippen molar-refractivity contribution in [3.63, 3.8) is 0 Å². The number of halogens is 3. The van der Waals surface area contributed by atoms with Crippen LogP contribution in [0.4, 0.5) is 13.2 Å². The number of pyridine rings is 1. The maximum atomic E-state index is 13.7. The van der Waals surface area contributed by atoms with E-state index in [-0.39, 0.29) is 19.0 Å². The third-order valence-corrected chi connectivity index (χ3v) is 6.36. The summed E-state index contributed by atoms with van der Waals surface area (Å²) in [5.74, 6) is -0.215. The van der Waals surface area contributed by atoms with Crippen LogP contribution in [-0.4, -0.2) is 69.4 Å². The molecule has 0 unspecified atom stereocenters. The van der Waals surface area contributed by atoms with E-state index in [2.05, 4.69) is 5.10 Å². The molecule has 1 amide bonds. The van der Waals surface area contributed by atoms with E-state index in [1.165, 1.54) is 4.90 Å². The molecule has 2 aromatic heterocycles. The zero-order valence-corrected chi connectivity index (χ0v) is 19.7. The first-order chi connectivity index (χ1) is 17.4. The maximum absolute atomic E-state index is 13.7. The first-order valence-corrected chi connectivity index (χ1v) is 11.9. The number of hydrogen-bond acceptors (Lipinski definition) is 4. The number of benzene rings is 2. The molecule has 1 aliphatic heterocycles. The number of fused-ring (bicyclic) bond motifs is 1. The largest absolute Gasteiger partial charge is 0.401 e. The van der Waals surface area contributed by atoms with Gasteiger partial charge in [-0.1, -0.05) is 60.7 Å². The van der Waals surface area contributed by atoms with Crippen molar-refractivity contribution in [1.29, 1.82) is 0 Å². The van der Waals surface area contributed by atoms with Crippen LogP contribution in [0.1, 0.15) is 22.3 Å². The van der Waals surface area contributed by atoms with Crippen molar-refractivity contribution >= 4 is 16.9 Å². The van der Waals surface area contributed by atoms with Crippen molar-refractivity contribution in [3.05, 3.63) is 84.1 Å². The second-order valence-corrected chi connectivity index (χ2v) is 8.98. The molecule has 0 aliphatic carbocycles. The predicted molar refractivity (Wildman–Crippen MR) is 132 cm³/mol. The highest BCUT2D eigenvalue weighted by Gasteiger charge is 2.32. The molecular formula is C27H26F3N5O. The van der Waals surface area contributed by atoms with Gasteiger partial charge in [0.25, 0.3) is 5.91 Å². The molecule has 1 fully saturated rings. The van der Waals surface area contributed by atoms with Gasteiger partial charge in [0.15, 0.2) is 5.65 Å². The zero-order chi connectivity index (χ0) is 25.1. The third kappa shape index (κ3) is 5.41. The summed E-state index contributed by atoms with van der Waals surface area (Å²) < 4.78 is 40.5. The Kier molecular flexibility index (Phi) is 6.73. The van der Waals surface area contributed by atoms with E-state index in [1.807, 2.05) is 60.7 Å². The van der Waals surface area contributed by atoms with Crippen molar-refractivity contribution in [2.45, 2.75) is 19.1 Å². The zero-order valence-electron chi connectivity index (χ0n) is 19.7. The molecule has 2 aromatic carbocycles. The second-order valence-electron chi connectivity index (χ2n) is 8.98. The Morgan fingerprint density at radius 1 is 0.917 bits per heavy atom. The summed E-state index contributed by atoms with van der Waals surface area (Å²) in [6.45, 7) is 0.656. The first kappa shape index (κ1) is 24.0. The fraction of sp³-hybridized carbons (Fsp3) is 0.296. The topological polar surface area (TPSA) is 54.3 Å². The van der Waals surface area contributed by atoms with Gasteiger partial charge in [-0.15, -0.1) is 0 Å². The standard InChI is InChI=1S/C27H26F3N5O/c28-27(29,30)19-33-12-7-13-34(15-14-33)26(36)22-16-24(21-10-5-2-6-11-21)32-25-23(22)17-31-35(25)18-20-8-3-1-4-9-20/h1-6,8-11,16-17H,7,12-15,18-19H2. The first-order valence-electron chi connectivity index (χ1n) is 11.9. The molecule has 0 atom stereocenters. The Hall–Kier alpha value is -3.72. The van der Waals surface area contributed by atoms with Gasteiger partial charge in [0.05, 0.1) is 35.9 Å². The Balaban J connectivity index is 1.50. The van der Waals surface area contributed by atoms with Gasteiger partial charge in [0.2, 0.25) is 0 Å². The van der Waals surface area contributed by atoms with Crippen LogP contribution >= 0.6 is 0 Å². The molecule has 36 heavy (non-hydrogen) atoms. The molecule has 0 saturated carbocycles. The lowest BCUT2D eigenvalue weighted by Crippen LogP contribution is -2.38. The summed E-state index contributed by atoms with van der Waals surface area (Å²) in [4.78, 5) is 21.6. The monoisotopic (exact) mass is 493 g/mol. The summed E-state index contributed by atoms with van der Waals surface area (Å²) in [7, 11) is 0. The van der Waals surface area contributed by atoms with Gasteiger partial charge in [-0.2, -0.15) is 18.3 Å². The number of carbonyl (C=O) groups excluding carboxylic acids is 1. The number of rotatable bonds is 5. The van der Waals surface area contributed by atoms with E-state index in [4.69, 9.17) is 4.98 Å². The van der Waals surface area contributed by atoms with Crippen LogP contribution in [-0.2, 0) is 6.54 Å². The maximum Gasteiger partial charge on any atom is 0.401 e. The molecule has 186 valence electrons. The second kappa shape index (κ2) is 10.1. The van der Waals surface area contributed by atoms with Crippen molar-refractivity contribution in [2.24, 2.45) is 0 Å². The molecule has 3 heterocycles. The Labute approximate surface area is 207 Å². The summed E-state index contributed by atoms with van der Waals surface area (Å²) in [6.07, 6.45) is -2.12. The van der Waals surface area contributed by atoms with E-state index < -0.39 is 12.7 Å². The quantitative estimate of drug-likeness (QED) is 0.399. The van der Waals surface area contributed by atoms with Crippen molar-refractivity contribution in [2.75, 3.05) is 32.7 Å². The SMILES string of the molecule is O=C(c1cc(-c2ccccc2)nc2c1cnn2Cc1ccccc1)N1CCCN(CC(F)(F)F)CC1. The van der Waals surface area contributed by atoms with E-state index >= 15 is 0 Å². The van der Waals surface area contributed by atoms with Crippen LogP contribution in [0.5, 0.6) is 0 Å². The van der Waals surface area contributed by atoms with Gasteiger partial charge in [-0.25, -0.2) is 9.67 Å². The fourth-order valence-corrected chi connectivity index (χ4v) is 4.61. The van der Waals surface area contributed by atoms with Gasteiger partial charge >= 0.3 is 6.18 Å². The lowest BCUT2D eigenvalue weighted by Gasteiger charge is -2.23. The van der Waals surface area contributed by atoms with Gasteiger partial charge in [0, 0.05) is 31.7 Å². The van der Waals surface area contributed by atoms with Gasteiger partial charge in [-0.05, 0) is 18.1 Å². The third-order valence-electron chi connectivity index (χ3n) is 6.36. The smallest absolute Gasteiger partial charge is 0.337 e. The van der Waals surface area contributed by atoms with Gasteiger partial charge in [-0.3, -0.25) is 9.69 Å². The number of alkyl halides is 3. The molecule has 1 saturated heterocycles. The van der Waals surface area contributed by atoms with Crippen LogP contribution in [0.15, 0.2) is 72.9 Å². The van der Waals surface area contributed by atoms with Crippen LogP contribution in [0.25, 0.3) is 22.3 Å². The molecule has 1 aliphatic rings. The normalized spacial score (nSPS) is 15.2. The number of nitrogens with zero attached hydrogens (tertiary/aromatic N) is 5. The molecule has 9 heteroatoms. The van der Waals surface area contributed by atoms with E-state index in [0.717, 1.165) is 11.1 Å². The molecule has 4 aromatic rings. The van der Waals surface area contributed by atoms with E-state index in [1.54, 1.807) is 21.8 Å². The summed E-state index contributed by atoms with van der Waals surface area (Å²) in [5.41, 5.74) is 3.63.